The van der Waals surface area contributed by atoms with Crippen molar-refractivity contribution in [2.75, 3.05) is 32.8 Å². The van der Waals surface area contributed by atoms with Crippen molar-refractivity contribution in [2.24, 2.45) is 0 Å². The Labute approximate surface area is 140 Å². The van der Waals surface area contributed by atoms with Gasteiger partial charge in [-0.1, -0.05) is 24.3 Å². The Morgan fingerprint density at radius 1 is 1.04 bits per heavy atom. The molecule has 2 aromatic rings. The Bertz CT molecular complexity index is 819. The molecule has 1 aliphatic heterocycles. The number of carbonyl (C=O) groups is 2. The highest BCUT2D eigenvalue weighted by Crippen LogP contribution is 2.27. The van der Waals surface area contributed by atoms with Crippen LogP contribution in [-0.2, 0) is 11.3 Å². The number of carbonyl (C=O) groups excluding carboxylic acids is 2. The molecule has 0 bridgehead atoms. The molecule has 1 aliphatic carbocycles. The van der Waals surface area contributed by atoms with Crippen LogP contribution >= 0.6 is 0 Å². The molecule has 1 aromatic heterocycles. The summed E-state index contributed by atoms with van der Waals surface area (Å²) in [4.78, 5) is 32.3. The largest absolute Gasteiger partial charge is 0.379 e. The van der Waals surface area contributed by atoms with Crippen molar-refractivity contribution in [1.29, 1.82) is 0 Å². The van der Waals surface area contributed by atoms with Crippen molar-refractivity contribution in [3.05, 3.63) is 52.6 Å². The van der Waals surface area contributed by atoms with E-state index in [-0.39, 0.29) is 17.3 Å². The van der Waals surface area contributed by atoms with Crippen LogP contribution in [0.4, 0.5) is 0 Å². The molecular formula is C18H19N3O3. The van der Waals surface area contributed by atoms with E-state index in [0.717, 1.165) is 32.8 Å². The molecule has 1 aromatic carbocycles. The lowest BCUT2D eigenvalue weighted by Crippen LogP contribution is -2.38. The number of ketones is 2. The standard InChI is InChI=1S/C18H19N3O3/c1-12-19-15-16(21(12)7-6-20-8-10-24-11-9-20)18(23)14-5-3-2-4-13(14)17(15)22/h2-5H,6-11H2,1H3. The van der Waals surface area contributed by atoms with Gasteiger partial charge in [-0.2, -0.15) is 0 Å². The second-order valence-corrected chi connectivity index (χ2v) is 6.17. The number of fused-ring (bicyclic) bond motifs is 2. The number of hydrogen-bond acceptors (Lipinski definition) is 5. The van der Waals surface area contributed by atoms with Gasteiger partial charge in [-0.3, -0.25) is 14.5 Å². The SMILES string of the molecule is Cc1nc2c(n1CCN1CCOCC1)C(=O)c1ccccc1C2=O. The molecule has 24 heavy (non-hydrogen) atoms. The molecule has 0 radical (unpaired) electrons. The van der Waals surface area contributed by atoms with E-state index in [9.17, 15) is 9.59 Å². The van der Waals surface area contributed by atoms with Crippen LogP contribution in [0.3, 0.4) is 0 Å². The third-order valence-corrected chi connectivity index (χ3v) is 4.75. The smallest absolute Gasteiger partial charge is 0.214 e. The van der Waals surface area contributed by atoms with E-state index in [1.54, 1.807) is 24.3 Å². The van der Waals surface area contributed by atoms with E-state index < -0.39 is 0 Å². The maximum absolute atomic E-state index is 12.9. The number of rotatable bonds is 3. The predicted molar refractivity (Wildman–Crippen MR) is 87.5 cm³/mol. The fourth-order valence-corrected chi connectivity index (χ4v) is 3.43. The second kappa shape index (κ2) is 5.96. The zero-order valence-corrected chi connectivity index (χ0v) is 13.6. The van der Waals surface area contributed by atoms with Crippen molar-refractivity contribution in [2.45, 2.75) is 13.5 Å². The normalized spacial score (nSPS) is 17.7. The average Bonchev–Trinajstić information content (AvgIpc) is 2.95. The first kappa shape index (κ1) is 15.2. The molecule has 0 amide bonds. The molecule has 1 fully saturated rings. The average molecular weight is 325 g/mol. The second-order valence-electron chi connectivity index (χ2n) is 6.17. The van der Waals surface area contributed by atoms with Gasteiger partial charge < -0.3 is 9.30 Å². The van der Waals surface area contributed by atoms with Crippen LogP contribution < -0.4 is 0 Å². The number of benzene rings is 1. The van der Waals surface area contributed by atoms with E-state index in [1.807, 2.05) is 11.5 Å². The molecule has 6 heteroatoms. The van der Waals surface area contributed by atoms with Gasteiger partial charge in [-0.15, -0.1) is 0 Å². The van der Waals surface area contributed by atoms with Crippen LogP contribution in [0, 0.1) is 6.92 Å². The summed E-state index contributed by atoms with van der Waals surface area (Å²) in [5.41, 5.74) is 1.65. The maximum atomic E-state index is 12.9. The monoisotopic (exact) mass is 325 g/mol. The molecule has 124 valence electrons. The molecule has 6 nitrogen and oxygen atoms in total. The highest BCUT2D eigenvalue weighted by atomic mass is 16.5. The van der Waals surface area contributed by atoms with Crippen molar-refractivity contribution < 1.29 is 14.3 Å². The summed E-state index contributed by atoms with van der Waals surface area (Å²) in [6.07, 6.45) is 0. The van der Waals surface area contributed by atoms with Crippen LogP contribution in [0.2, 0.25) is 0 Å². The number of nitrogens with zero attached hydrogens (tertiary/aromatic N) is 3. The molecule has 2 aliphatic rings. The fraction of sp³-hybridized carbons (Fsp3) is 0.389. The van der Waals surface area contributed by atoms with Gasteiger partial charge in [0.1, 0.15) is 17.2 Å². The number of aryl methyl sites for hydroxylation is 1. The molecule has 1 saturated heterocycles. The minimum Gasteiger partial charge on any atom is -0.379 e. The Hall–Kier alpha value is -2.31. The summed E-state index contributed by atoms with van der Waals surface area (Å²) in [5.74, 6) is 0.443. The van der Waals surface area contributed by atoms with Gasteiger partial charge in [-0.25, -0.2) is 4.98 Å². The summed E-state index contributed by atoms with van der Waals surface area (Å²) < 4.78 is 7.25. The Morgan fingerprint density at radius 2 is 1.71 bits per heavy atom. The Balaban J connectivity index is 1.67. The van der Waals surface area contributed by atoms with Crippen molar-refractivity contribution in [1.82, 2.24) is 14.5 Å². The third-order valence-electron chi connectivity index (χ3n) is 4.75. The maximum Gasteiger partial charge on any atom is 0.214 e. The van der Waals surface area contributed by atoms with Crippen LogP contribution in [0.15, 0.2) is 24.3 Å². The molecule has 2 heterocycles. The van der Waals surface area contributed by atoms with E-state index in [2.05, 4.69) is 9.88 Å². The summed E-state index contributed by atoms with van der Waals surface area (Å²) in [5, 5.41) is 0. The number of ether oxygens (including phenoxy) is 1. The molecular weight excluding hydrogens is 306 g/mol. The predicted octanol–water partition coefficient (Wildman–Crippen LogP) is 1.30. The van der Waals surface area contributed by atoms with E-state index in [1.165, 1.54) is 0 Å². The van der Waals surface area contributed by atoms with Crippen LogP contribution in [0.5, 0.6) is 0 Å². The molecule has 0 unspecified atom stereocenters. The Kier molecular flexibility index (Phi) is 3.78. The lowest BCUT2D eigenvalue weighted by Gasteiger charge is -2.27. The summed E-state index contributed by atoms with van der Waals surface area (Å²) in [6, 6.07) is 6.97. The zero-order valence-electron chi connectivity index (χ0n) is 13.6. The lowest BCUT2D eigenvalue weighted by molar-refractivity contribution is 0.0362. The molecule has 0 spiro atoms. The van der Waals surface area contributed by atoms with Gasteiger partial charge in [0.2, 0.25) is 11.6 Å². The fourth-order valence-electron chi connectivity index (χ4n) is 3.43. The first-order chi connectivity index (χ1) is 11.7. The number of aromatic nitrogens is 2. The topological polar surface area (TPSA) is 64.4 Å². The van der Waals surface area contributed by atoms with E-state index >= 15 is 0 Å². The minimum atomic E-state index is -0.159. The highest BCUT2D eigenvalue weighted by molar-refractivity contribution is 6.27. The van der Waals surface area contributed by atoms with E-state index in [4.69, 9.17) is 4.74 Å². The molecule has 4 rings (SSSR count). The number of morpholine rings is 1. The lowest BCUT2D eigenvalue weighted by atomic mass is 9.90. The first-order valence-corrected chi connectivity index (χ1v) is 8.22. The molecule has 0 atom stereocenters. The zero-order chi connectivity index (χ0) is 16.7. The number of imidazole rings is 1. The third kappa shape index (κ3) is 2.39. The van der Waals surface area contributed by atoms with Gasteiger partial charge in [0, 0.05) is 37.3 Å². The van der Waals surface area contributed by atoms with Gasteiger partial charge in [0.15, 0.2) is 0 Å². The first-order valence-electron chi connectivity index (χ1n) is 8.22. The quantitative estimate of drug-likeness (QED) is 0.726. The highest BCUT2D eigenvalue weighted by Gasteiger charge is 2.34. The summed E-state index contributed by atoms with van der Waals surface area (Å²) >= 11 is 0. The molecule has 0 saturated carbocycles. The summed E-state index contributed by atoms with van der Waals surface area (Å²) in [7, 11) is 0. The van der Waals surface area contributed by atoms with Crippen molar-refractivity contribution >= 4 is 11.6 Å². The number of hydrogen-bond donors (Lipinski definition) is 0. The van der Waals surface area contributed by atoms with Crippen LogP contribution in [0.25, 0.3) is 0 Å². The van der Waals surface area contributed by atoms with E-state index in [0.29, 0.717) is 29.2 Å². The molecule has 0 N–H and O–H groups in total. The van der Waals surface area contributed by atoms with Crippen molar-refractivity contribution in [3.63, 3.8) is 0 Å². The van der Waals surface area contributed by atoms with Crippen LogP contribution in [0.1, 0.15) is 37.9 Å². The van der Waals surface area contributed by atoms with Crippen LogP contribution in [-0.4, -0.2) is 58.9 Å². The van der Waals surface area contributed by atoms with Gasteiger partial charge in [0.05, 0.1) is 13.2 Å². The summed E-state index contributed by atoms with van der Waals surface area (Å²) in [6.45, 7) is 6.59. The van der Waals surface area contributed by atoms with Gasteiger partial charge in [0.25, 0.3) is 0 Å². The van der Waals surface area contributed by atoms with Crippen molar-refractivity contribution in [3.8, 4) is 0 Å². The minimum absolute atomic E-state index is 0.109. The van der Waals surface area contributed by atoms with Gasteiger partial charge >= 0.3 is 0 Å². The Morgan fingerprint density at radius 3 is 2.42 bits per heavy atom. The van der Waals surface area contributed by atoms with Gasteiger partial charge in [-0.05, 0) is 6.92 Å².